The first-order valence-corrected chi connectivity index (χ1v) is 12.3. The summed E-state index contributed by atoms with van der Waals surface area (Å²) in [7, 11) is 0. The van der Waals surface area contributed by atoms with Gasteiger partial charge in [-0.15, -0.1) is 0 Å². The molecule has 0 bridgehead atoms. The van der Waals surface area contributed by atoms with E-state index in [-0.39, 0.29) is 6.10 Å². The Labute approximate surface area is 204 Å². The van der Waals surface area contributed by atoms with Crippen molar-refractivity contribution in [3.63, 3.8) is 0 Å². The molecule has 0 unspecified atom stereocenters. The topological polar surface area (TPSA) is 69.3 Å². The molecule has 1 aliphatic carbocycles. The van der Waals surface area contributed by atoms with Gasteiger partial charge in [-0.1, -0.05) is 6.07 Å². The zero-order chi connectivity index (χ0) is 23.6. The minimum absolute atomic E-state index is 0.176. The highest BCUT2D eigenvalue weighted by molar-refractivity contribution is 5.95. The summed E-state index contributed by atoms with van der Waals surface area (Å²) in [6.45, 7) is 1.49. The van der Waals surface area contributed by atoms with Crippen LogP contribution in [0.4, 0.5) is 0 Å². The molecule has 1 saturated heterocycles. The van der Waals surface area contributed by atoms with Crippen LogP contribution in [0, 0.1) is 11.3 Å². The maximum Gasteiger partial charge on any atom is 0.219 e. The van der Waals surface area contributed by atoms with Crippen LogP contribution in [0.1, 0.15) is 43.7 Å². The van der Waals surface area contributed by atoms with Crippen LogP contribution in [0.25, 0.3) is 22.2 Å². The van der Waals surface area contributed by atoms with Crippen molar-refractivity contribution in [1.29, 1.82) is 5.26 Å². The Morgan fingerprint density at radius 1 is 0.943 bits per heavy atom. The summed E-state index contributed by atoms with van der Waals surface area (Å²) in [5.74, 6) is 2.13. The molecule has 6 rings (SSSR count). The lowest BCUT2D eigenvalue weighted by molar-refractivity contribution is 0.0256. The first-order chi connectivity index (χ1) is 17.3. The van der Waals surface area contributed by atoms with Gasteiger partial charge >= 0.3 is 0 Å². The van der Waals surface area contributed by atoms with Gasteiger partial charge in [0.25, 0.3) is 0 Å². The molecule has 2 aromatic carbocycles. The van der Waals surface area contributed by atoms with Gasteiger partial charge in [0, 0.05) is 42.6 Å². The normalized spacial score (nSPS) is 16.5. The van der Waals surface area contributed by atoms with Crippen molar-refractivity contribution in [2.75, 3.05) is 13.2 Å². The molecule has 0 spiro atoms. The van der Waals surface area contributed by atoms with Crippen LogP contribution in [0.5, 0.6) is 17.4 Å². The highest BCUT2D eigenvalue weighted by atomic mass is 16.5. The third-order valence-electron chi connectivity index (χ3n) is 6.99. The molecule has 3 heterocycles. The van der Waals surface area contributed by atoms with Gasteiger partial charge < -0.3 is 18.8 Å². The number of ether oxygens (including phenoxy) is 3. The quantitative estimate of drug-likeness (QED) is 0.319. The second-order valence-electron chi connectivity index (χ2n) is 9.19. The van der Waals surface area contributed by atoms with E-state index < -0.39 is 0 Å². The van der Waals surface area contributed by atoms with Crippen molar-refractivity contribution < 1.29 is 14.2 Å². The van der Waals surface area contributed by atoms with Gasteiger partial charge in [-0.2, -0.15) is 5.26 Å². The summed E-state index contributed by atoms with van der Waals surface area (Å²) in [6.07, 6.45) is 7.14. The molecule has 2 aromatic heterocycles. The highest BCUT2D eigenvalue weighted by Gasteiger charge is 2.28. The Morgan fingerprint density at radius 3 is 2.43 bits per heavy atom. The summed E-state index contributed by atoms with van der Waals surface area (Å²) in [4.78, 5) is 4.23. The average molecular weight is 466 g/mol. The van der Waals surface area contributed by atoms with E-state index in [1.54, 1.807) is 6.20 Å². The predicted molar refractivity (Wildman–Crippen MR) is 134 cm³/mol. The molecule has 176 valence electrons. The van der Waals surface area contributed by atoms with Gasteiger partial charge in [0.15, 0.2) is 0 Å². The van der Waals surface area contributed by atoms with Gasteiger partial charge in [0.1, 0.15) is 23.7 Å². The van der Waals surface area contributed by atoms with Crippen molar-refractivity contribution in [2.45, 2.75) is 44.2 Å². The zero-order valence-electron chi connectivity index (χ0n) is 19.5. The molecule has 2 fully saturated rings. The number of benzene rings is 2. The molecule has 0 atom stereocenters. The molecule has 2 aliphatic rings. The Balaban J connectivity index is 1.39. The molecule has 6 nitrogen and oxygen atoms in total. The molecule has 1 saturated carbocycles. The lowest BCUT2D eigenvalue weighted by atomic mass is 9.92. The maximum atomic E-state index is 10.2. The van der Waals surface area contributed by atoms with Crippen LogP contribution in [0.15, 0.2) is 66.9 Å². The third kappa shape index (κ3) is 4.24. The largest absolute Gasteiger partial charge is 0.490 e. The summed E-state index contributed by atoms with van der Waals surface area (Å²) in [6, 6.07) is 22.6. The number of nitrogens with zero attached hydrogens (tertiary/aromatic N) is 3. The van der Waals surface area contributed by atoms with Crippen molar-refractivity contribution >= 4 is 10.9 Å². The fourth-order valence-electron chi connectivity index (χ4n) is 4.98. The van der Waals surface area contributed by atoms with E-state index in [1.165, 1.54) is 6.42 Å². The molecule has 6 heteroatoms. The van der Waals surface area contributed by atoms with Crippen molar-refractivity contribution in [1.82, 2.24) is 9.55 Å². The summed E-state index contributed by atoms with van der Waals surface area (Å²) >= 11 is 0. The minimum Gasteiger partial charge on any atom is -0.490 e. The van der Waals surface area contributed by atoms with E-state index in [0.717, 1.165) is 66.8 Å². The van der Waals surface area contributed by atoms with Gasteiger partial charge in [0.05, 0.1) is 30.0 Å². The predicted octanol–water partition coefficient (Wildman–Crippen LogP) is 6.65. The molecular formula is C29H27N3O3. The molecule has 1 aliphatic heterocycles. The van der Waals surface area contributed by atoms with E-state index >= 15 is 0 Å². The molecule has 4 aromatic rings. The standard InChI is InChI=1S/C29H27N3O3/c30-19-26-25-12-11-24(34-23-13-16-33-17-14-23)18-27(25)32(21-4-3-5-21)29(26)20-7-9-22(10-8-20)35-28-6-1-2-15-31-28/h1-2,6-12,15,18,21,23H,3-5,13-14,16-17H2. The van der Waals surface area contributed by atoms with Gasteiger partial charge in [0.2, 0.25) is 5.88 Å². The fraction of sp³-hybridized carbons (Fsp3) is 0.310. The molecule has 35 heavy (non-hydrogen) atoms. The lowest BCUT2D eigenvalue weighted by Crippen LogP contribution is -2.25. The number of pyridine rings is 1. The highest BCUT2D eigenvalue weighted by Crippen LogP contribution is 2.43. The van der Waals surface area contributed by atoms with Gasteiger partial charge in [-0.05, 0) is 67.3 Å². The van der Waals surface area contributed by atoms with Gasteiger partial charge in [-0.3, -0.25) is 0 Å². The van der Waals surface area contributed by atoms with Crippen LogP contribution < -0.4 is 9.47 Å². The molecule has 0 N–H and O–H groups in total. The zero-order valence-corrected chi connectivity index (χ0v) is 19.5. The average Bonchev–Trinajstić information content (AvgIpc) is 3.18. The van der Waals surface area contributed by atoms with Gasteiger partial charge in [-0.25, -0.2) is 4.98 Å². The number of fused-ring (bicyclic) bond motifs is 1. The summed E-state index contributed by atoms with van der Waals surface area (Å²) < 4.78 is 20.0. The molecule has 0 radical (unpaired) electrons. The number of rotatable bonds is 6. The molecular weight excluding hydrogens is 438 g/mol. The third-order valence-corrected chi connectivity index (χ3v) is 6.99. The Kier molecular flexibility index (Phi) is 5.85. The Morgan fingerprint density at radius 2 is 1.74 bits per heavy atom. The van der Waals surface area contributed by atoms with Crippen LogP contribution in [0.2, 0.25) is 0 Å². The van der Waals surface area contributed by atoms with Crippen LogP contribution in [0.3, 0.4) is 0 Å². The first kappa shape index (κ1) is 21.7. The number of hydrogen-bond donors (Lipinski definition) is 0. The smallest absolute Gasteiger partial charge is 0.219 e. The number of aromatic nitrogens is 2. The first-order valence-electron chi connectivity index (χ1n) is 12.3. The van der Waals surface area contributed by atoms with Crippen LogP contribution >= 0.6 is 0 Å². The minimum atomic E-state index is 0.176. The Bertz CT molecular complexity index is 1360. The maximum absolute atomic E-state index is 10.2. The summed E-state index contributed by atoms with van der Waals surface area (Å²) in [5.41, 5.74) is 3.76. The summed E-state index contributed by atoms with van der Waals surface area (Å²) in [5, 5.41) is 11.2. The second-order valence-corrected chi connectivity index (χ2v) is 9.19. The van der Waals surface area contributed by atoms with E-state index in [1.807, 2.05) is 54.6 Å². The number of nitriles is 1. The SMILES string of the molecule is N#Cc1c(-c2ccc(Oc3ccccn3)cc2)n(C2CCC2)c2cc(OC3CCOCC3)ccc12. The van der Waals surface area contributed by atoms with Crippen molar-refractivity contribution in [2.24, 2.45) is 0 Å². The van der Waals surface area contributed by atoms with E-state index in [0.29, 0.717) is 23.2 Å². The Hall–Kier alpha value is -3.82. The lowest BCUT2D eigenvalue weighted by Gasteiger charge is -2.30. The number of hydrogen-bond acceptors (Lipinski definition) is 5. The van der Waals surface area contributed by atoms with Crippen LogP contribution in [-0.4, -0.2) is 28.9 Å². The second kappa shape index (κ2) is 9.44. The van der Waals surface area contributed by atoms with E-state index in [9.17, 15) is 5.26 Å². The molecule has 0 amide bonds. The van der Waals surface area contributed by atoms with E-state index in [2.05, 4.69) is 21.7 Å². The monoisotopic (exact) mass is 465 g/mol. The van der Waals surface area contributed by atoms with Crippen molar-refractivity contribution in [3.05, 3.63) is 72.4 Å². The van der Waals surface area contributed by atoms with Crippen molar-refractivity contribution in [3.8, 4) is 34.7 Å². The fourth-order valence-corrected chi connectivity index (χ4v) is 4.98. The van der Waals surface area contributed by atoms with E-state index in [4.69, 9.17) is 14.2 Å². The van der Waals surface area contributed by atoms with Crippen LogP contribution in [-0.2, 0) is 4.74 Å².